The van der Waals surface area contributed by atoms with Gasteiger partial charge in [0.05, 0.1) is 6.54 Å². The van der Waals surface area contributed by atoms with Gasteiger partial charge in [-0.3, -0.25) is 0 Å². The first-order valence-electron chi connectivity index (χ1n) is 4.41. The van der Waals surface area contributed by atoms with Crippen LogP contribution < -0.4 is 11.1 Å². The number of nitrogens with one attached hydrogen (secondary N) is 1. The Morgan fingerprint density at radius 3 is 2.50 bits per heavy atom. The van der Waals surface area contributed by atoms with Gasteiger partial charge in [0.2, 0.25) is 0 Å². The van der Waals surface area contributed by atoms with Gasteiger partial charge < -0.3 is 11.1 Å². The monoisotopic (exact) mass is 145 g/mol. The van der Waals surface area contributed by atoms with Gasteiger partial charge >= 0.3 is 0 Å². The van der Waals surface area contributed by atoms with Crippen molar-refractivity contribution in [1.29, 1.82) is 0 Å². The van der Waals surface area contributed by atoms with E-state index in [1.165, 1.54) is 32.2 Å². The molecule has 0 bridgehead atoms. The summed E-state index contributed by atoms with van der Waals surface area (Å²) in [6.45, 7) is 5.50. The number of unbranched alkanes of at least 4 members (excludes halogenated alkanes) is 3. The molecular weight excluding hydrogens is 124 g/mol. The van der Waals surface area contributed by atoms with Gasteiger partial charge in [-0.2, -0.15) is 0 Å². The lowest BCUT2D eigenvalue weighted by atomic mass is 10.2. The van der Waals surface area contributed by atoms with Crippen LogP contribution in [0.1, 0.15) is 32.6 Å². The highest BCUT2D eigenvalue weighted by Crippen LogP contribution is 1.96. The fraction of sp³-hybridized carbons (Fsp3) is 1.00. The molecule has 0 saturated carbocycles. The maximum Gasteiger partial charge on any atom is 0.0866 e. The summed E-state index contributed by atoms with van der Waals surface area (Å²) >= 11 is 0. The molecule has 0 rings (SSSR count). The van der Waals surface area contributed by atoms with Crippen LogP contribution in [0.5, 0.6) is 0 Å². The zero-order valence-electron chi connectivity index (χ0n) is 7.16. The summed E-state index contributed by atoms with van der Waals surface area (Å²) in [6.07, 6.45) is 5.41. The SMILES string of the molecule is CCCCCCNCC[NH3+]. The van der Waals surface area contributed by atoms with Crippen molar-refractivity contribution >= 4 is 0 Å². The molecule has 0 aromatic heterocycles. The largest absolute Gasteiger partial charge is 0.357 e. The molecule has 0 aromatic carbocycles. The summed E-state index contributed by atoms with van der Waals surface area (Å²) < 4.78 is 0. The van der Waals surface area contributed by atoms with Crippen molar-refractivity contribution in [2.24, 2.45) is 0 Å². The van der Waals surface area contributed by atoms with E-state index >= 15 is 0 Å². The van der Waals surface area contributed by atoms with Crippen molar-refractivity contribution in [1.82, 2.24) is 5.32 Å². The van der Waals surface area contributed by atoms with Gasteiger partial charge in [0.15, 0.2) is 0 Å². The van der Waals surface area contributed by atoms with Gasteiger partial charge in [0.1, 0.15) is 0 Å². The van der Waals surface area contributed by atoms with E-state index in [1.54, 1.807) is 0 Å². The molecule has 4 N–H and O–H groups in total. The molecule has 0 aliphatic rings. The molecule has 0 aromatic rings. The second-order valence-electron chi connectivity index (χ2n) is 2.66. The van der Waals surface area contributed by atoms with Gasteiger partial charge in [-0.15, -0.1) is 0 Å². The van der Waals surface area contributed by atoms with E-state index in [0.717, 1.165) is 13.1 Å². The van der Waals surface area contributed by atoms with E-state index < -0.39 is 0 Å². The molecule has 0 atom stereocenters. The van der Waals surface area contributed by atoms with Crippen LogP contribution in [0.4, 0.5) is 0 Å². The predicted octanol–water partition coefficient (Wildman–Crippen LogP) is 0.398. The molecule has 0 unspecified atom stereocenters. The lowest BCUT2D eigenvalue weighted by Crippen LogP contribution is -2.54. The minimum atomic E-state index is 1.01. The van der Waals surface area contributed by atoms with Crippen molar-refractivity contribution in [2.45, 2.75) is 32.6 Å². The maximum absolute atomic E-state index is 3.76. The van der Waals surface area contributed by atoms with Gasteiger partial charge in [-0.05, 0) is 13.0 Å². The highest BCUT2D eigenvalue weighted by molar-refractivity contribution is 4.46. The van der Waals surface area contributed by atoms with Gasteiger partial charge in [0, 0.05) is 6.54 Å². The van der Waals surface area contributed by atoms with Crippen LogP contribution in [0.15, 0.2) is 0 Å². The number of quaternary nitrogens is 1. The average Bonchev–Trinajstić information content (AvgIpc) is 1.97. The number of hydrogen-bond acceptors (Lipinski definition) is 1. The van der Waals surface area contributed by atoms with E-state index in [-0.39, 0.29) is 0 Å². The van der Waals surface area contributed by atoms with E-state index in [4.69, 9.17) is 0 Å². The van der Waals surface area contributed by atoms with Crippen LogP contribution in [0.25, 0.3) is 0 Å². The first-order valence-corrected chi connectivity index (χ1v) is 4.41. The zero-order chi connectivity index (χ0) is 7.66. The van der Waals surface area contributed by atoms with Crippen LogP contribution in [0.3, 0.4) is 0 Å². The lowest BCUT2D eigenvalue weighted by molar-refractivity contribution is -0.365. The Morgan fingerprint density at radius 1 is 1.10 bits per heavy atom. The van der Waals surface area contributed by atoms with E-state index in [0.29, 0.717) is 0 Å². The van der Waals surface area contributed by atoms with Crippen molar-refractivity contribution in [3.05, 3.63) is 0 Å². The lowest BCUT2D eigenvalue weighted by Gasteiger charge is -1.99. The molecule has 0 aliphatic carbocycles. The van der Waals surface area contributed by atoms with Crippen LogP contribution in [-0.2, 0) is 0 Å². The summed E-state index contributed by atoms with van der Waals surface area (Å²) in [5, 5.41) is 3.33. The van der Waals surface area contributed by atoms with Gasteiger partial charge in [-0.25, -0.2) is 0 Å². The average molecular weight is 145 g/mol. The molecule has 10 heavy (non-hydrogen) atoms. The van der Waals surface area contributed by atoms with E-state index in [9.17, 15) is 0 Å². The minimum absolute atomic E-state index is 1.01. The quantitative estimate of drug-likeness (QED) is 0.500. The van der Waals surface area contributed by atoms with E-state index in [2.05, 4.69) is 18.0 Å². The molecule has 0 heterocycles. The summed E-state index contributed by atoms with van der Waals surface area (Å²) in [5.74, 6) is 0. The molecular formula is C8H21N2+. The van der Waals surface area contributed by atoms with E-state index in [1.807, 2.05) is 0 Å². The molecule has 62 valence electrons. The smallest absolute Gasteiger partial charge is 0.0866 e. The maximum atomic E-state index is 3.76. The third kappa shape index (κ3) is 7.92. The Morgan fingerprint density at radius 2 is 1.90 bits per heavy atom. The second-order valence-corrected chi connectivity index (χ2v) is 2.66. The topological polar surface area (TPSA) is 39.7 Å². The van der Waals surface area contributed by atoms with Crippen molar-refractivity contribution in [2.75, 3.05) is 19.6 Å². The standard InChI is InChI=1S/C8H20N2/c1-2-3-4-5-7-10-8-6-9/h10H,2-9H2,1H3/p+1. The molecule has 0 spiro atoms. The third-order valence-corrected chi connectivity index (χ3v) is 1.56. The fourth-order valence-electron chi connectivity index (χ4n) is 0.927. The van der Waals surface area contributed by atoms with Crippen LogP contribution in [0.2, 0.25) is 0 Å². The number of hydrogen-bond donors (Lipinski definition) is 2. The summed E-state index contributed by atoms with van der Waals surface area (Å²) in [7, 11) is 0. The highest BCUT2D eigenvalue weighted by Gasteiger charge is 1.86. The normalized spacial score (nSPS) is 10.2. The Bertz CT molecular complexity index is 47.2. The minimum Gasteiger partial charge on any atom is -0.357 e. The summed E-state index contributed by atoms with van der Waals surface area (Å²) in [6, 6.07) is 0. The molecule has 0 radical (unpaired) electrons. The third-order valence-electron chi connectivity index (χ3n) is 1.56. The first kappa shape index (κ1) is 9.92. The number of rotatable bonds is 7. The molecule has 2 heteroatoms. The molecule has 0 aliphatic heterocycles. The van der Waals surface area contributed by atoms with Crippen LogP contribution in [0, 0.1) is 0 Å². The fourth-order valence-corrected chi connectivity index (χ4v) is 0.927. The van der Waals surface area contributed by atoms with Gasteiger partial charge in [0.25, 0.3) is 0 Å². The second kappa shape index (κ2) is 8.92. The van der Waals surface area contributed by atoms with Gasteiger partial charge in [-0.1, -0.05) is 26.2 Å². The summed E-state index contributed by atoms with van der Waals surface area (Å²) in [4.78, 5) is 0. The molecule has 2 nitrogen and oxygen atoms in total. The Kier molecular flexibility index (Phi) is 8.85. The summed E-state index contributed by atoms with van der Waals surface area (Å²) in [5.41, 5.74) is 3.76. The van der Waals surface area contributed by atoms with Crippen LogP contribution in [-0.4, -0.2) is 19.6 Å². The highest BCUT2D eigenvalue weighted by atomic mass is 14.9. The molecule has 0 fully saturated rings. The Hall–Kier alpha value is -0.0800. The Labute approximate surface area is 64.2 Å². The predicted molar refractivity (Wildman–Crippen MR) is 44.8 cm³/mol. The zero-order valence-corrected chi connectivity index (χ0v) is 7.16. The van der Waals surface area contributed by atoms with Crippen molar-refractivity contribution < 1.29 is 5.73 Å². The molecule has 0 saturated heterocycles. The first-order chi connectivity index (χ1) is 4.91. The van der Waals surface area contributed by atoms with Crippen molar-refractivity contribution in [3.63, 3.8) is 0 Å². The Balaban J connectivity index is 2.65. The molecule has 0 amide bonds. The van der Waals surface area contributed by atoms with Crippen molar-refractivity contribution in [3.8, 4) is 0 Å². The van der Waals surface area contributed by atoms with Crippen LogP contribution >= 0.6 is 0 Å².